The van der Waals surface area contributed by atoms with Crippen LogP contribution in [0.3, 0.4) is 0 Å². The van der Waals surface area contributed by atoms with E-state index in [-0.39, 0.29) is 58.7 Å². The molecule has 192 valence electrons. The van der Waals surface area contributed by atoms with E-state index in [0.717, 1.165) is 24.4 Å². The van der Waals surface area contributed by atoms with Gasteiger partial charge in [-0.15, -0.1) is 13.2 Å². The summed E-state index contributed by atoms with van der Waals surface area (Å²) >= 11 is 5.60. The third-order valence-electron chi connectivity index (χ3n) is 6.03. The minimum absolute atomic E-state index is 0.0506. The number of nitrogens with one attached hydrogen (secondary N) is 2. The molecule has 2 bridgehead atoms. The second-order valence-corrected chi connectivity index (χ2v) is 9.46. The fraction of sp³-hybridized carbons (Fsp3) is 0.391. The van der Waals surface area contributed by atoms with Crippen molar-refractivity contribution in [3.63, 3.8) is 0 Å². The first-order valence-electron chi connectivity index (χ1n) is 10.8. The molecule has 3 saturated carbocycles. The van der Waals surface area contributed by atoms with Crippen molar-refractivity contribution in [2.24, 2.45) is 5.41 Å². The highest BCUT2D eigenvalue weighted by Crippen LogP contribution is 2.68. The van der Waals surface area contributed by atoms with Gasteiger partial charge in [0.2, 0.25) is 0 Å². The summed E-state index contributed by atoms with van der Waals surface area (Å²) in [6.07, 6.45) is -2.04. The van der Waals surface area contributed by atoms with E-state index in [4.69, 9.17) is 16.3 Å². The monoisotopic (exact) mass is 529 g/mol. The van der Waals surface area contributed by atoms with Crippen LogP contribution >= 0.6 is 11.6 Å². The summed E-state index contributed by atoms with van der Waals surface area (Å²) in [5, 5.41) is 5.24. The summed E-state index contributed by atoms with van der Waals surface area (Å²) in [7, 11) is 0. The highest BCUT2D eigenvalue weighted by molar-refractivity contribution is 6.30. The van der Waals surface area contributed by atoms with Gasteiger partial charge in [-0.3, -0.25) is 14.4 Å². The van der Waals surface area contributed by atoms with E-state index < -0.39 is 23.8 Å². The van der Waals surface area contributed by atoms with Gasteiger partial charge >= 0.3 is 6.36 Å². The number of amides is 2. The predicted octanol–water partition coefficient (Wildman–Crippen LogP) is 3.58. The average Bonchev–Trinajstić information content (AvgIpc) is 2.75. The third kappa shape index (κ3) is 6.04. The lowest BCUT2D eigenvalue weighted by Gasteiger charge is -2.70. The average molecular weight is 530 g/mol. The second kappa shape index (κ2) is 9.57. The first kappa shape index (κ1) is 25.7. The van der Waals surface area contributed by atoms with Gasteiger partial charge < -0.3 is 20.1 Å². The van der Waals surface area contributed by atoms with Crippen LogP contribution < -0.4 is 20.1 Å². The molecule has 2 amide bonds. The van der Waals surface area contributed by atoms with Gasteiger partial charge in [0.15, 0.2) is 12.4 Å². The van der Waals surface area contributed by atoms with Crippen LogP contribution in [0.1, 0.15) is 36.2 Å². The van der Waals surface area contributed by atoms with Crippen LogP contribution in [0.2, 0.25) is 5.02 Å². The van der Waals surface area contributed by atoms with Crippen LogP contribution in [0.4, 0.5) is 17.6 Å². The van der Waals surface area contributed by atoms with Crippen LogP contribution in [-0.4, -0.2) is 47.6 Å². The van der Waals surface area contributed by atoms with Crippen LogP contribution in [-0.2, 0) is 9.59 Å². The lowest BCUT2D eigenvalue weighted by Crippen LogP contribution is -2.75. The zero-order valence-electron chi connectivity index (χ0n) is 18.6. The summed E-state index contributed by atoms with van der Waals surface area (Å²) < 4.78 is 58.9. The lowest BCUT2D eigenvalue weighted by molar-refractivity contribution is -0.274. The number of carbonyl (C=O) groups excluding carboxylic acids is 3. The molecule has 3 aliphatic carbocycles. The van der Waals surface area contributed by atoms with Crippen LogP contribution in [0.5, 0.6) is 11.5 Å². The molecule has 3 fully saturated rings. The standard InChI is InChI=1S/C23H20ClF4N3O5/c24-16-3-1-14(5-17(16)25)35-9-19(33)31-22-10-21(11-22,12-22)6-13(32)7-30-20(34)18-4-2-15(8-29-18)36-23(26,27)28/h1-5,8H,6-7,9-12H2,(H,30,34)(H,31,33). The van der Waals surface area contributed by atoms with Crippen molar-refractivity contribution in [3.05, 3.63) is 53.1 Å². The van der Waals surface area contributed by atoms with Crippen LogP contribution in [0, 0.1) is 11.2 Å². The van der Waals surface area contributed by atoms with Gasteiger partial charge in [-0.1, -0.05) is 11.6 Å². The predicted molar refractivity (Wildman–Crippen MR) is 117 cm³/mol. The number of Topliss-reactive ketones (excluding diaryl/α,β-unsaturated/α-hetero) is 1. The van der Waals surface area contributed by atoms with E-state index in [2.05, 4.69) is 20.4 Å². The number of nitrogens with zero attached hydrogens (tertiary/aromatic N) is 1. The van der Waals surface area contributed by atoms with Crippen molar-refractivity contribution in [2.75, 3.05) is 13.2 Å². The molecule has 2 N–H and O–H groups in total. The SMILES string of the molecule is O=C(CNC(=O)c1ccc(OC(F)(F)F)cn1)CC12CC(NC(=O)COc3ccc(Cl)c(F)c3)(C1)C2. The molecule has 0 atom stereocenters. The van der Waals surface area contributed by atoms with Crippen molar-refractivity contribution < 1.29 is 41.4 Å². The second-order valence-electron chi connectivity index (χ2n) is 9.05. The Bertz CT molecular complexity index is 1170. The first-order chi connectivity index (χ1) is 16.9. The lowest BCUT2D eigenvalue weighted by atomic mass is 9.38. The Balaban J connectivity index is 1.15. The summed E-state index contributed by atoms with van der Waals surface area (Å²) in [5.41, 5.74) is -0.781. The number of benzene rings is 1. The Morgan fingerprint density at radius 2 is 1.78 bits per heavy atom. The molecule has 0 aliphatic heterocycles. The van der Waals surface area contributed by atoms with Gasteiger partial charge in [0.05, 0.1) is 17.8 Å². The van der Waals surface area contributed by atoms with E-state index >= 15 is 0 Å². The van der Waals surface area contributed by atoms with Crippen molar-refractivity contribution in [2.45, 2.75) is 37.6 Å². The zero-order chi connectivity index (χ0) is 26.1. The molecular weight excluding hydrogens is 510 g/mol. The van der Waals surface area contributed by atoms with Crippen molar-refractivity contribution in [3.8, 4) is 11.5 Å². The van der Waals surface area contributed by atoms with E-state index in [1.165, 1.54) is 12.1 Å². The van der Waals surface area contributed by atoms with Gasteiger partial charge in [0, 0.05) is 18.0 Å². The topological polar surface area (TPSA) is 107 Å². The smallest absolute Gasteiger partial charge is 0.484 e. The number of hydrogen-bond donors (Lipinski definition) is 2. The van der Waals surface area contributed by atoms with E-state index in [1.807, 2.05) is 0 Å². The number of pyridine rings is 1. The minimum atomic E-state index is -4.87. The highest BCUT2D eigenvalue weighted by Gasteiger charge is 2.68. The maximum absolute atomic E-state index is 13.4. The van der Waals surface area contributed by atoms with Gasteiger partial charge in [-0.25, -0.2) is 9.37 Å². The first-order valence-corrected chi connectivity index (χ1v) is 11.1. The Hall–Kier alpha value is -3.41. The highest BCUT2D eigenvalue weighted by atomic mass is 35.5. The third-order valence-corrected chi connectivity index (χ3v) is 6.33. The van der Waals surface area contributed by atoms with E-state index in [9.17, 15) is 31.9 Å². The summed E-state index contributed by atoms with van der Waals surface area (Å²) in [6, 6.07) is 5.87. The Morgan fingerprint density at radius 1 is 1.08 bits per heavy atom. The van der Waals surface area contributed by atoms with E-state index in [1.54, 1.807) is 0 Å². The summed E-state index contributed by atoms with van der Waals surface area (Å²) in [5.74, 6) is -2.32. The molecule has 0 saturated heterocycles. The number of hydrogen-bond acceptors (Lipinski definition) is 6. The Kier molecular flexibility index (Phi) is 6.82. The largest absolute Gasteiger partial charge is 0.573 e. The molecule has 8 nitrogen and oxygen atoms in total. The molecule has 0 unspecified atom stereocenters. The van der Waals surface area contributed by atoms with Crippen LogP contribution in [0.15, 0.2) is 36.5 Å². The summed E-state index contributed by atoms with van der Waals surface area (Å²) in [6.45, 7) is -0.550. The van der Waals surface area contributed by atoms with Gasteiger partial charge in [0.25, 0.3) is 11.8 Å². The molecular formula is C23H20ClF4N3O5. The number of ether oxygens (including phenoxy) is 2. The maximum Gasteiger partial charge on any atom is 0.573 e. The Morgan fingerprint density at radius 3 is 2.39 bits per heavy atom. The number of alkyl halides is 3. The molecule has 3 aliphatic rings. The summed E-state index contributed by atoms with van der Waals surface area (Å²) in [4.78, 5) is 40.2. The maximum atomic E-state index is 13.4. The molecule has 36 heavy (non-hydrogen) atoms. The van der Waals surface area contributed by atoms with Crippen LogP contribution in [0.25, 0.3) is 0 Å². The van der Waals surface area contributed by atoms with Crippen molar-refractivity contribution >= 4 is 29.2 Å². The number of aromatic nitrogens is 1. The molecule has 1 aromatic heterocycles. The van der Waals surface area contributed by atoms with E-state index in [0.29, 0.717) is 19.3 Å². The molecule has 2 aromatic rings. The Labute approximate surface area is 207 Å². The molecule has 0 spiro atoms. The number of halogens is 5. The molecule has 13 heteroatoms. The normalized spacial score (nSPS) is 22.0. The number of carbonyl (C=O) groups is 3. The van der Waals surface area contributed by atoms with Gasteiger partial charge in [0.1, 0.15) is 23.0 Å². The number of ketones is 1. The fourth-order valence-electron chi connectivity index (χ4n) is 4.82. The fourth-order valence-corrected chi connectivity index (χ4v) is 4.94. The van der Waals surface area contributed by atoms with Crippen molar-refractivity contribution in [1.29, 1.82) is 0 Å². The van der Waals surface area contributed by atoms with Crippen molar-refractivity contribution in [1.82, 2.24) is 15.6 Å². The van der Waals surface area contributed by atoms with Gasteiger partial charge in [-0.05, 0) is 48.9 Å². The molecule has 5 rings (SSSR count). The molecule has 1 heterocycles. The molecule has 0 radical (unpaired) electrons. The molecule has 1 aromatic carbocycles. The van der Waals surface area contributed by atoms with Gasteiger partial charge in [-0.2, -0.15) is 0 Å². The zero-order valence-corrected chi connectivity index (χ0v) is 19.3. The quantitative estimate of drug-likeness (QED) is 0.456. The minimum Gasteiger partial charge on any atom is -0.484 e. The number of rotatable bonds is 10.